The van der Waals surface area contributed by atoms with Gasteiger partial charge in [-0.1, -0.05) is 78.9 Å². The van der Waals surface area contributed by atoms with Crippen molar-refractivity contribution in [2.75, 3.05) is 5.01 Å². The maximum atomic E-state index is 11.3. The largest absolute Gasteiger partial charge is 0.269 e. The second-order valence-corrected chi connectivity index (χ2v) is 8.61. The summed E-state index contributed by atoms with van der Waals surface area (Å²) in [6.07, 6.45) is 3.10. The Bertz CT molecular complexity index is 1400. The second kappa shape index (κ2) is 7.46. The Morgan fingerprint density at radius 1 is 0.824 bits per heavy atom. The van der Waals surface area contributed by atoms with Gasteiger partial charge >= 0.3 is 0 Å². The van der Waals surface area contributed by atoms with Crippen molar-refractivity contribution >= 4 is 11.4 Å². The van der Waals surface area contributed by atoms with Crippen LogP contribution in [0.4, 0.5) is 11.4 Å². The molecule has 6 rings (SSSR count). The van der Waals surface area contributed by atoms with E-state index in [-0.39, 0.29) is 11.7 Å². The van der Waals surface area contributed by atoms with Crippen LogP contribution in [0, 0.1) is 21.6 Å². The van der Waals surface area contributed by atoms with Crippen LogP contribution < -0.4 is 5.01 Å². The summed E-state index contributed by atoms with van der Waals surface area (Å²) < 4.78 is 0. The fourth-order valence-corrected chi connectivity index (χ4v) is 5.64. The lowest BCUT2D eigenvalue weighted by Gasteiger charge is -2.40. The zero-order chi connectivity index (χ0) is 23.3. The van der Waals surface area contributed by atoms with Crippen LogP contribution in [0.5, 0.6) is 0 Å². The molecule has 0 N–H and O–H groups in total. The molecule has 1 saturated heterocycles. The zero-order valence-electron chi connectivity index (χ0n) is 18.2. The SMILES string of the molecule is N#CN1C(c2ccccc2)CC2(c3ccccc3-c3ccccc32)N1c1ccc([N+](=O)[O-])cc1. The number of hydrazine groups is 1. The average Bonchev–Trinajstić information content (AvgIpc) is 3.39. The van der Waals surface area contributed by atoms with Crippen molar-refractivity contribution in [3.05, 3.63) is 130 Å². The van der Waals surface area contributed by atoms with Crippen LogP contribution in [0.25, 0.3) is 11.1 Å². The monoisotopic (exact) mass is 444 g/mol. The first kappa shape index (κ1) is 20.0. The van der Waals surface area contributed by atoms with Crippen LogP contribution in [-0.4, -0.2) is 9.93 Å². The molecule has 1 atom stereocenters. The summed E-state index contributed by atoms with van der Waals surface area (Å²) in [6, 6.07) is 33.0. The van der Waals surface area contributed by atoms with E-state index < -0.39 is 10.5 Å². The van der Waals surface area contributed by atoms with Gasteiger partial charge in [0, 0.05) is 18.6 Å². The van der Waals surface area contributed by atoms with E-state index in [1.165, 1.54) is 12.1 Å². The number of benzene rings is 4. The van der Waals surface area contributed by atoms with Crippen molar-refractivity contribution in [3.8, 4) is 17.3 Å². The summed E-state index contributed by atoms with van der Waals surface area (Å²) in [6.45, 7) is 0. The number of rotatable bonds is 3. The second-order valence-electron chi connectivity index (χ2n) is 8.61. The van der Waals surface area contributed by atoms with Crippen LogP contribution >= 0.6 is 0 Å². The highest BCUT2D eigenvalue weighted by Gasteiger charge is 2.57. The summed E-state index contributed by atoms with van der Waals surface area (Å²) in [5.74, 6) is 0. The molecule has 6 heteroatoms. The standard InChI is InChI=1S/C28H20N4O2/c29-19-30-27(20-8-2-1-3-9-20)18-28(31(30)21-14-16-22(17-15-21)32(33)34)25-12-6-4-10-23(25)24-11-5-7-13-26(24)28/h1-17,27H,18H2. The maximum Gasteiger partial charge on any atom is 0.269 e. The fourth-order valence-electron chi connectivity index (χ4n) is 5.64. The minimum Gasteiger partial charge on any atom is -0.261 e. The summed E-state index contributed by atoms with van der Waals surface area (Å²) in [4.78, 5) is 10.9. The molecule has 1 aliphatic heterocycles. The first-order valence-corrected chi connectivity index (χ1v) is 11.1. The quantitative estimate of drug-likeness (QED) is 0.215. The van der Waals surface area contributed by atoms with E-state index in [2.05, 4.69) is 42.6 Å². The van der Waals surface area contributed by atoms with E-state index in [9.17, 15) is 15.4 Å². The Kier molecular flexibility index (Phi) is 4.39. The molecular formula is C28H20N4O2. The van der Waals surface area contributed by atoms with Gasteiger partial charge in [-0.05, 0) is 39.9 Å². The summed E-state index contributed by atoms with van der Waals surface area (Å²) in [5, 5.41) is 25.5. The lowest BCUT2D eigenvalue weighted by molar-refractivity contribution is -0.384. The van der Waals surface area contributed by atoms with Crippen molar-refractivity contribution in [1.29, 1.82) is 5.26 Å². The van der Waals surface area contributed by atoms with Gasteiger partial charge in [-0.2, -0.15) is 5.26 Å². The normalized spacial score (nSPS) is 17.3. The predicted octanol–water partition coefficient (Wildman–Crippen LogP) is 6.17. The number of hydrogen-bond donors (Lipinski definition) is 0. The van der Waals surface area contributed by atoms with E-state index >= 15 is 0 Å². The lowest BCUT2D eigenvalue weighted by Crippen LogP contribution is -2.46. The first-order valence-electron chi connectivity index (χ1n) is 11.1. The molecule has 1 aliphatic carbocycles. The van der Waals surface area contributed by atoms with E-state index in [1.807, 2.05) is 47.5 Å². The number of fused-ring (bicyclic) bond motifs is 5. The highest BCUT2D eigenvalue weighted by atomic mass is 16.6. The number of hydrogen-bond acceptors (Lipinski definition) is 5. The molecule has 1 spiro atoms. The van der Waals surface area contributed by atoms with Crippen molar-refractivity contribution in [2.45, 2.75) is 18.0 Å². The highest BCUT2D eigenvalue weighted by molar-refractivity contribution is 5.83. The van der Waals surface area contributed by atoms with Crippen molar-refractivity contribution in [3.63, 3.8) is 0 Å². The number of nitro groups is 1. The molecule has 1 heterocycles. The summed E-state index contributed by atoms with van der Waals surface area (Å²) >= 11 is 0. The Hall–Kier alpha value is -4.63. The third-order valence-electron chi connectivity index (χ3n) is 6.99. The Labute approximate surface area is 197 Å². The molecule has 0 aromatic heterocycles. The van der Waals surface area contributed by atoms with Crippen molar-refractivity contribution in [2.24, 2.45) is 0 Å². The molecular weight excluding hydrogens is 424 g/mol. The van der Waals surface area contributed by atoms with Crippen molar-refractivity contribution < 1.29 is 4.92 Å². The Morgan fingerprint density at radius 3 is 1.94 bits per heavy atom. The molecule has 34 heavy (non-hydrogen) atoms. The van der Waals surface area contributed by atoms with E-state index in [0.717, 1.165) is 33.5 Å². The molecule has 0 bridgehead atoms. The fraction of sp³-hybridized carbons (Fsp3) is 0.107. The molecule has 4 aromatic carbocycles. The number of nitrogens with zero attached hydrogens (tertiary/aromatic N) is 4. The number of nitro benzene ring substituents is 1. The molecule has 0 radical (unpaired) electrons. The van der Waals surface area contributed by atoms with Crippen molar-refractivity contribution in [1.82, 2.24) is 5.01 Å². The van der Waals surface area contributed by atoms with Gasteiger partial charge in [-0.15, -0.1) is 0 Å². The van der Waals surface area contributed by atoms with E-state index in [1.54, 1.807) is 17.1 Å². The average molecular weight is 444 g/mol. The van der Waals surface area contributed by atoms with Gasteiger partial charge in [0.25, 0.3) is 5.69 Å². The zero-order valence-corrected chi connectivity index (χ0v) is 18.2. The van der Waals surface area contributed by atoms with E-state index in [4.69, 9.17) is 0 Å². The van der Waals surface area contributed by atoms with Crippen LogP contribution in [0.3, 0.4) is 0 Å². The van der Waals surface area contributed by atoms with Crippen LogP contribution in [-0.2, 0) is 5.54 Å². The summed E-state index contributed by atoms with van der Waals surface area (Å²) in [5.41, 5.74) is 5.74. The summed E-state index contributed by atoms with van der Waals surface area (Å²) in [7, 11) is 0. The molecule has 0 saturated carbocycles. The Morgan fingerprint density at radius 2 is 1.38 bits per heavy atom. The molecule has 164 valence electrons. The van der Waals surface area contributed by atoms with Crippen LogP contribution in [0.2, 0.25) is 0 Å². The molecule has 0 amide bonds. The van der Waals surface area contributed by atoms with Gasteiger partial charge in [0.05, 0.1) is 16.7 Å². The molecule has 6 nitrogen and oxygen atoms in total. The van der Waals surface area contributed by atoms with E-state index in [0.29, 0.717) is 6.42 Å². The minimum absolute atomic E-state index is 0.0207. The van der Waals surface area contributed by atoms with Crippen LogP contribution in [0.1, 0.15) is 29.2 Å². The van der Waals surface area contributed by atoms with Gasteiger partial charge in [0.15, 0.2) is 0 Å². The van der Waals surface area contributed by atoms with Gasteiger partial charge in [-0.25, -0.2) is 5.01 Å². The van der Waals surface area contributed by atoms with Gasteiger partial charge < -0.3 is 0 Å². The minimum atomic E-state index is -0.625. The number of nitriles is 1. The smallest absolute Gasteiger partial charge is 0.261 e. The first-order chi connectivity index (χ1) is 16.6. The highest BCUT2D eigenvalue weighted by Crippen LogP contribution is 2.60. The van der Waals surface area contributed by atoms with Gasteiger partial charge in [0.1, 0.15) is 5.54 Å². The van der Waals surface area contributed by atoms with Gasteiger partial charge in [-0.3, -0.25) is 15.1 Å². The van der Waals surface area contributed by atoms with Crippen LogP contribution in [0.15, 0.2) is 103 Å². The lowest BCUT2D eigenvalue weighted by atomic mass is 9.81. The Balaban J connectivity index is 1.64. The number of anilines is 1. The maximum absolute atomic E-state index is 11.3. The molecule has 4 aromatic rings. The third kappa shape index (κ3) is 2.67. The molecule has 2 aliphatic rings. The molecule has 1 fully saturated rings. The predicted molar refractivity (Wildman–Crippen MR) is 129 cm³/mol. The molecule has 1 unspecified atom stereocenters. The number of non-ortho nitro benzene ring substituents is 1. The topological polar surface area (TPSA) is 73.4 Å². The van der Waals surface area contributed by atoms with Gasteiger partial charge in [0.2, 0.25) is 6.19 Å². The third-order valence-corrected chi connectivity index (χ3v) is 6.99.